The van der Waals surface area contributed by atoms with Crippen molar-refractivity contribution in [1.29, 1.82) is 0 Å². The van der Waals surface area contributed by atoms with Crippen LogP contribution in [0, 0.1) is 5.92 Å². The minimum absolute atomic E-state index is 0.728. The van der Waals surface area contributed by atoms with Crippen LogP contribution in [0.5, 0.6) is 0 Å². The highest BCUT2D eigenvalue weighted by molar-refractivity contribution is 4.71. The predicted molar refractivity (Wildman–Crippen MR) is 30.0 cm³/mol. The molecule has 0 heterocycles. The molecule has 0 atom stereocenters. The quantitative estimate of drug-likeness (QED) is 0.238. The summed E-state index contributed by atoms with van der Waals surface area (Å²) in [6, 6.07) is 0. The molecule has 0 radical (unpaired) electrons. The van der Waals surface area contributed by atoms with Crippen LogP contribution in [0.1, 0.15) is 12.8 Å². The van der Waals surface area contributed by atoms with Gasteiger partial charge in [0.25, 0.3) is 0 Å². The number of rotatable bonds is 4. The van der Waals surface area contributed by atoms with Gasteiger partial charge in [-0.15, -0.1) is 0 Å². The molecular weight excluding hydrogens is 104 g/mol. The molecule has 0 saturated heterocycles. The molecule has 0 aromatic carbocycles. The topological polar surface area (TPSA) is 18.5 Å². The van der Waals surface area contributed by atoms with E-state index < -0.39 is 0 Å². The molecule has 8 heavy (non-hydrogen) atoms. The molecule has 0 unspecified atom stereocenters. The lowest BCUT2D eigenvalue weighted by Gasteiger charge is -1.95. The average molecular weight is 114 g/mol. The maximum Gasteiger partial charge on any atom is 0.122 e. The van der Waals surface area contributed by atoms with Crippen molar-refractivity contribution in [2.24, 2.45) is 5.92 Å². The van der Waals surface area contributed by atoms with Crippen molar-refractivity contribution in [3.05, 3.63) is 12.8 Å². The first-order chi connectivity index (χ1) is 3.93. The third-order valence-electron chi connectivity index (χ3n) is 1.14. The Morgan fingerprint density at radius 3 is 2.88 bits per heavy atom. The molecule has 0 N–H and O–H groups in total. The van der Waals surface area contributed by atoms with Crippen LogP contribution >= 0.6 is 0 Å². The molecule has 46 valence electrons. The number of hydrogen-bond donors (Lipinski definition) is 0. The summed E-state index contributed by atoms with van der Waals surface area (Å²) in [5.41, 5.74) is 0. The van der Waals surface area contributed by atoms with E-state index in [4.69, 9.17) is 0 Å². The van der Waals surface area contributed by atoms with Crippen molar-refractivity contribution in [3.8, 4) is 0 Å². The molecule has 1 aliphatic carbocycles. The molecule has 1 saturated carbocycles. The van der Waals surface area contributed by atoms with Gasteiger partial charge >= 0.3 is 0 Å². The first-order valence-electron chi connectivity index (χ1n) is 2.82. The molecule has 0 bridgehead atoms. The molecule has 0 aromatic heterocycles. The highest BCUT2D eigenvalue weighted by atomic mass is 17.2. The fourth-order valence-electron chi connectivity index (χ4n) is 0.468. The second-order valence-corrected chi connectivity index (χ2v) is 1.99. The van der Waals surface area contributed by atoms with Crippen molar-refractivity contribution in [2.75, 3.05) is 6.61 Å². The summed E-state index contributed by atoms with van der Waals surface area (Å²) in [7, 11) is 0. The maximum absolute atomic E-state index is 4.69. The van der Waals surface area contributed by atoms with Gasteiger partial charge in [-0.2, -0.15) is 4.89 Å². The Morgan fingerprint density at radius 2 is 2.38 bits per heavy atom. The molecule has 1 fully saturated rings. The Labute approximate surface area is 49.0 Å². The van der Waals surface area contributed by atoms with Gasteiger partial charge in [0.15, 0.2) is 0 Å². The summed E-state index contributed by atoms with van der Waals surface area (Å²) in [5, 5.41) is 0. The van der Waals surface area contributed by atoms with E-state index in [1.807, 2.05) is 0 Å². The van der Waals surface area contributed by atoms with Gasteiger partial charge in [-0.1, -0.05) is 6.58 Å². The summed E-state index contributed by atoms with van der Waals surface area (Å²) in [6.45, 7) is 4.06. The van der Waals surface area contributed by atoms with Crippen molar-refractivity contribution in [1.82, 2.24) is 0 Å². The Morgan fingerprint density at radius 1 is 1.62 bits per heavy atom. The van der Waals surface area contributed by atoms with Crippen LogP contribution in [0.25, 0.3) is 0 Å². The minimum atomic E-state index is 0.728. The molecule has 2 heteroatoms. The zero-order valence-electron chi connectivity index (χ0n) is 4.80. The number of hydrogen-bond acceptors (Lipinski definition) is 2. The molecule has 2 nitrogen and oxygen atoms in total. The lowest BCUT2D eigenvalue weighted by atomic mass is 10.5. The fraction of sp³-hybridized carbons (Fsp3) is 0.667. The monoisotopic (exact) mass is 114 g/mol. The predicted octanol–water partition coefficient (Wildman–Crippen LogP) is 1.49. The Balaban J connectivity index is 1.80. The second kappa shape index (κ2) is 2.72. The average Bonchev–Trinajstić information content (AvgIpc) is 2.51. The van der Waals surface area contributed by atoms with Crippen LogP contribution < -0.4 is 0 Å². The van der Waals surface area contributed by atoms with Gasteiger partial charge in [0.1, 0.15) is 6.26 Å². The van der Waals surface area contributed by atoms with Gasteiger partial charge in [0, 0.05) is 0 Å². The lowest BCUT2D eigenvalue weighted by molar-refractivity contribution is -0.251. The second-order valence-electron chi connectivity index (χ2n) is 1.99. The normalized spacial score (nSPS) is 18.0. The van der Waals surface area contributed by atoms with E-state index in [0.717, 1.165) is 12.5 Å². The van der Waals surface area contributed by atoms with Gasteiger partial charge in [0.2, 0.25) is 0 Å². The maximum atomic E-state index is 4.69. The highest BCUT2D eigenvalue weighted by Crippen LogP contribution is 2.28. The summed E-state index contributed by atoms with van der Waals surface area (Å²) >= 11 is 0. The van der Waals surface area contributed by atoms with Crippen LogP contribution in [0.3, 0.4) is 0 Å². The van der Waals surface area contributed by atoms with Crippen LogP contribution in [0.15, 0.2) is 12.8 Å². The molecule has 0 aromatic rings. The van der Waals surface area contributed by atoms with E-state index in [1.54, 1.807) is 0 Å². The van der Waals surface area contributed by atoms with Gasteiger partial charge < -0.3 is 4.89 Å². The van der Waals surface area contributed by atoms with E-state index in [1.165, 1.54) is 19.1 Å². The summed E-state index contributed by atoms with van der Waals surface area (Å²) in [5.74, 6) is 0.759. The summed E-state index contributed by atoms with van der Waals surface area (Å²) in [4.78, 5) is 9.14. The van der Waals surface area contributed by atoms with Crippen molar-refractivity contribution >= 4 is 0 Å². The standard InChI is InChI=1S/C6H10O2/c1-2-7-8-5-6-3-4-6/h2,6H,1,3-5H2. The summed E-state index contributed by atoms with van der Waals surface area (Å²) < 4.78 is 0. The third-order valence-corrected chi connectivity index (χ3v) is 1.14. The SMILES string of the molecule is C=COOCC1CC1. The zero-order valence-corrected chi connectivity index (χ0v) is 4.80. The molecule has 0 aliphatic heterocycles. The third kappa shape index (κ3) is 1.98. The fourth-order valence-corrected chi connectivity index (χ4v) is 0.468. The first kappa shape index (κ1) is 5.63. The Hall–Kier alpha value is -0.500. The van der Waals surface area contributed by atoms with Crippen LogP contribution in [-0.4, -0.2) is 6.61 Å². The van der Waals surface area contributed by atoms with Crippen LogP contribution in [-0.2, 0) is 9.78 Å². The van der Waals surface area contributed by atoms with Crippen molar-refractivity contribution < 1.29 is 9.78 Å². The van der Waals surface area contributed by atoms with E-state index in [9.17, 15) is 0 Å². The van der Waals surface area contributed by atoms with E-state index in [0.29, 0.717) is 0 Å². The van der Waals surface area contributed by atoms with Crippen molar-refractivity contribution in [3.63, 3.8) is 0 Å². The van der Waals surface area contributed by atoms with Crippen molar-refractivity contribution in [2.45, 2.75) is 12.8 Å². The molecule has 1 aliphatic rings. The van der Waals surface area contributed by atoms with E-state index in [2.05, 4.69) is 16.4 Å². The van der Waals surface area contributed by atoms with Gasteiger partial charge in [-0.05, 0) is 18.8 Å². The lowest BCUT2D eigenvalue weighted by Crippen LogP contribution is -1.92. The first-order valence-corrected chi connectivity index (χ1v) is 2.82. The van der Waals surface area contributed by atoms with Gasteiger partial charge in [-0.25, -0.2) is 0 Å². The van der Waals surface area contributed by atoms with Gasteiger partial charge in [-0.3, -0.25) is 0 Å². The van der Waals surface area contributed by atoms with E-state index >= 15 is 0 Å². The zero-order chi connectivity index (χ0) is 5.82. The van der Waals surface area contributed by atoms with E-state index in [-0.39, 0.29) is 0 Å². The largest absolute Gasteiger partial charge is 0.346 e. The molecule has 0 spiro atoms. The smallest absolute Gasteiger partial charge is 0.122 e. The molecule has 1 rings (SSSR count). The van der Waals surface area contributed by atoms with Gasteiger partial charge in [0.05, 0.1) is 6.61 Å². The Kier molecular flexibility index (Phi) is 1.92. The highest BCUT2D eigenvalue weighted by Gasteiger charge is 2.21. The van der Waals surface area contributed by atoms with Crippen LogP contribution in [0.4, 0.5) is 0 Å². The molecular formula is C6H10O2. The Bertz CT molecular complexity index is 76.6. The molecule has 0 amide bonds. The van der Waals surface area contributed by atoms with Crippen LogP contribution in [0.2, 0.25) is 0 Å². The minimum Gasteiger partial charge on any atom is -0.346 e. The summed E-state index contributed by atoms with van der Waals surface area (Å²) in [6.07, 6.45) is 3.88.